The summed E-state index contributed by atoms with van der Waals surface area (Å²) in [4.78, 5) is 5.37. The van der Waals surface area contributed by atoms with Gasteiger partial charge in [-0.3, -0.25) is 4.98 Å². The Hall–Kier alpha value is -1.94. The molecule has 0 aliphatic rings. The fourth-order valence-corrected chi connectivity index (χ4v) is 3.02. The van der Waals surface area contributed by atoms with Crippen molar-refractivity contribution in [1.29, 1.82) is 0 Å². The van der Waals surface area contributed by atoms with Gasteiger partial charge in [0, 0.05) is 28.3 Å². The van der Waals surface area contributed by atoms with Crippen molar-refractivity contribution in [2.75, 3.05) is 0 Å². The van der Waals surface area contributed by atoms with Crippen molar-refractivity contribution in [3.8, 4) is 0 Å². The van der Waals surface area contributed by atoms with E-state index in [9.17, 15) is 8.78 Å². The number of nitrogens with zero attached hydrogens (tertiary/aromatic N) is 1. The van der Waals surface area contributed by atoms with Crippen molar-refractivity contribution in [3.63, 3.8) is 0 Å². The van der Waals surface area contributed by atoms with E-state index >= 15 is 0 Å². The van der Waals surface area contributed by atoms with Crippen LogP contribution in [0.4, 0.5) is 8.78 Å². The second kappa shape index (κ2) is 5.59. The summed E-state index contributed by atoms with van der Waals surface area (Å²) in [5.41, 5.74) is 1.54. The molecular formula is C16H11F2NS. The van der Waals surface area contributed by atoms with Gasteiger partial charge < -0.3 is 0 Å². The fourth-order valence-electron chi connectivity index (χ4n) is 2.05. The van der Waals surface area contributed by atoms with Crippen LogP contribution in [0.25, 0.3) is 10.9 Å². The highest BCUT2D eigenvalue weighted by molar-refractivity contribution is 7.98. The second-order valence-corrected chi connectivity index (χ2v) is 5.41. The maximum absolute atomic E-state index is 13.1. The Morgan fingerprint density at radius 3 is 2.50 bits per heavy atom. The topological polar surface area (TPSA) is 12.9 Å². The van der Waals surface area contributed by atoms with Gasteiger partial charge >= 0.3 is 0 Å². The number of fused-ring (bicyclic) bond motifs is 1. The Morgan fingerprint density at radius 2 is 1.70 bits per heavy atom. The Bertz CT molecular complexity index is 733. The first-order chi connectivity index (χ1) is 9.72. The summed E-state index contributed by atoms with van der Waals surface area (Å²) < 4.78 is 26.3. The summed E-state index contributed by atoms with van der Waals surface area (Å²) in [6, 6.07) is 13.4. The number of hydrogen-bond acceptors (Lipinski definition) is 2. The van der Waals surface area contributed by atoms with Crippen molar-refractivity contribution < 1.29 is 8.78 Å². The van der Waals surface area contributed by atoms with Crippen molar-refractivity contribution in [1.82, 2.24) is 4.98 Å². The van der Waals surface area contributed by atoms with Gasteiger partial charge in [0.05, 0.1) is 5.52 Å². The van der Waals surface area contributed by atoms with E-state index in [0.29, 0.717) is 11.3 Å². The summed E-state index contributed by atoms with van der Waals surface area (Å²) in [5.74, 6) is -0.585. The second-order valence-electron chi connectivity index (χ2n) is 4.40. The maximum atomic E-state index is 13.1. The Labute approximate surface area is 119 Å². The standard InChI is InChI=1S/C16H11F2NS/c17-13-7-11(8-14(18)9-13)10-20-15-5-1-3-12-4-2-6-19-16(12)15/h1-9H,10H2. The van der Waals surface area contributed by atoms with E-state index < -0.39 is 11.6 Å². The van der Waals surface area contributed by atoms with Crippen molar-refractivity contribution in [3.05, 3.63) is 71.9 Å². The van der Waals surface area contributed by atoms with E-state index in [1.54, 1.807) is 6.20 Å². The molecule has 0 amide bonds. The number of hydrogen-bond donors (Lipinski definition) is 0. The van der Waals surface area contributed by atoms with Crippen molar-refractivity contribution in [2.24, 2.45) is 0 Å². The van der Waals surface area contributed by atoms with E-state index in [2.05, 4.69) is 4.98 Å². The predicted molar refractivity (Wildman–Crippen MR) is 77.7 cm³/mol. The monoisotopic (exact) mass is 287 g/mol. The lowest BCUT2D eigenvalue weighted by molar-refractivity contribution is 0.581. The van der Waals surface area contributed by atoms with Gasteiger partial charge in [-0.1, -0.05) is 18.2 Å². The van der Waals surface area contributed by atoms with Crippen LogP contribution in [0, 0.1) is 11.6 Å². The van der Waals surface area contributed by atoms with Crippen LogP contribution < -0.4 is 0 Å². The average molecular weight is 287 g/mol. The van der Waals surface area contributed by atoms with Gasteiger partial charge in [-0.15, -0.1) is 11.8 Å². The third kappa shape index (κ3) is 2.80. The number of rotatable bonds is 3. The molecule has 20 heavy (non-hydrogen) atoms. The molecule has 3 aromatic rings. The molecule has 0 saturated heterocycles. The molecular weight excluding hydrogens is 276 g/mol. The quantitative estimate of drug-likeness (QED) is 0.641. The lowest BCUT2D eigenvalue weighted by Gasteiger charge is -2.06. The molecule has 1 heterocycles. The van der Waals surface area contributed by atoms with E-state index in [-0.39, 0.29) is 0 Å². The summed E-state index contributed by atoms with van der Waals surface area (Å²) in [6.07, 6.45) is 1.74. The molecule has 0 atom stereocenters. The Kier molecular flexibility index (Phi) is 3.65. The number of benzene rings is 2. The number of pyridine rings is 1. The lowest BCUT2D eigenvalue weighted by atomic mass is 10.2. The number of halogens is 2. The molecule has 0 N–H and O–H groups in total. The number of aromatic nitrogens is 1. The fraction of sp³-hybridized carbons (Fsp3) is 0.0625. The third-order valence-corrected chi connectivity index (χ3v) is 4.03. The molecule has 0 saturated carbocycles. The van der Waals surface area contributed by atoms with Crippen LogP contribution in [0.5, 0.6) is 0 Å². The summed E-state index contributed by atoms with van der Waals surface area (Å²) in [6.45, 7) is 0. The molecule has 2 aromatic carbocycles. The van der Waals surface area contributed by atoms with Crippen LogP contribution in [0.2, 0.25) is 0 Å². The van der Waals surface area contributed by atoms with Crippen LogP contribution in [-0.4, -0.2) is 4.98 Å². The third-order valence-electron chi connectivity index (χ3n) is 2.91. The Morgan fingerprint density at radius 1 is 0.950 bits per heavy atom. The van der Waals surface area contributed by atoms with Gasteiger partial charge in [0.1, 0.15) is 11.6 Å². The van der Waals surface area contributed by atoms with Gasteiger partial charge in [-0.25, -0.2) is 8.78 Å². The highest BCUT2D eigenvalue weighted by Crippen LogP contribution is 2.29. The predicted octanol–water partition coefficient (Wildman–Crippen LogP) is 4.81. The van der Waals surface area contributed by atoms with Gasteiger partial charge in [0.15, 0.2) is 0 Å². The van der Waals surface area contributed by atoms with Gasteiger partial charge in [0.2, 0.25) is 0 Å². The lowest BCUT2D eigenvalue weighted by Crippen LogP contribution is -1.87. The van der Waals surface area contributed by atoms with Crippen molar-refractivity contribution in [2.45, 2.75) is 10.6 Å². The van der Waals surface area contributed by atoms with Crippen molar-refractivity contribution >= 4 is 22.7 Å². The number of thioether (sulfide) groups is 1. The van der Waals surface area contributed by atoms with E-state index in [0.717, 1.165) is 21.9 Å². The minimum Gasteiger partial charge on any atom is -0.255 e. The summed E-state index contributed by atoms with van der Waals surface area (Å²) >= 11 is 1.52. The zero-order valence-electron chi connectivity index (χ0n) is 10.5. The van der Waals surface area contributed by atoms with Crippen LogP contribution in [-0.2, 0) is 5.75 Å². The largest absolute Gasteiger partial charge is 0.255 e. The molecule has 3 rings (SSSR count). The minimum absolute atomic E-state index is 0.504. The minimum atomic E-state index is -0.545. The van der Waals surface area contributed by atoms with E-state index in [1.165, 1.54) is 23.9 Å². The van der Waals surface area contributed by atoms with E-state index in [4.69, 9.17) is 0 Å². The SMILES string of the molecule is Fc1cc(F)cc(CSc2cccc3cccnc23)c1. The number of para-hydroxylation sites is 1. The molecule has 0 radical (unpaired) electrons. The molecule has 100 valence electrons. The molecule has 0 spiro atoms. The molecule has 1 nitrogen and oxygen atoms in total. The zero-order valence-corrected chi connectivity index (χ0v) is 11.3. The first-order valence-corrected chi connectivity index (χ1v) is 7.12. The molecule has 0 aliphatic carbocycles. The van der Waals surface area contributed by atoms with Crippen LogP contribution in [0.15, 0.2) is 59.6 Å². The summed E-state index contributed by atoms with van der Waals surface area (Å²) in [5, 5.41) is 1.06. The van der Waals surface area contributed by atoms with Crippen LogP contribution in [0.1, 0.15) is 5.56 Å². The maximum Gasteiger partial charge on any atom is 0.126 e. The first-order valence-electron chi connectivity index (χ1n) is 6.14. The highest BCUT2D eigenvalue weighted by atomic mass is 32.2. The van der Waals surface area contributed by atoms with E-state index in [1.807, 2.05) is 30.3 Å². The normalized spacial score (nSPS) is 10.9. The smallest absolute Gasteiger partial charge is 0.126 e. The van der Waals surface area contributed by atoms with Crippen LogP contribution >= 0.6 is 11.8 Å². The highest BCUT2D eigenvalue weighted by Gasteiger charge is 2.05. The van der Waals surface area contributed by atoms with Gasteiger partial charge in [-0.2, -0.15) is 0 Å². The molecule has 0 aliphatic heterocycles. The summed E-state index contributed by atoms with van der Waals surface area (Å²) in [7, 11) is 0. The zero-order chi connectivity index (χ0) is 13.9. The Balaban J connectivity index is 1.87. The molecule has 4 heteroatoms. The van der Waals surface area contributed by atoms with Gasteiger partial charge in [-0.05, 0) is 29.8 Å². The van der Waals surface area contributed by atoms with Gasteiger partial charge in [0.25, 0.3) is 0 Å². The molecule has 0 unspecified atom stereocenters. The first kappa shape index (κ1) is 13.1. The van der Waals surface area contributed by atoms with Crippen LogP contribution in [0.3, 0.4) is 0 Å². The molecule has 0 fully saturated rings. The molecule has 0 bridgehead atoms. The molecule has 1 aromatic heterocycles. The average Bonchev–Trinajstić information content (AvgIpc) is 2.44.